The number of rotatable bonds is 9. The van der Waals surface area contributed by atoms with Crippen LogP contribution in [0.15, 0.2) is 36.5 Å². The number of ether oxygens (including phenoxy) is 2. The topological polar surface area (TPSA) is 63.7 Å². The summed E-state index contributed by atoms with van der Waals surface area (Å²) in [5.74, 6) is 1.42. The van der Waals surface area contributed by atoms with Gasteiger partial charge >= 0.3 is 0 Å². The van der Waals surface area contributed by atoms with Gasteiger partial charge < -0.3 is 19.7 Å². The molecule has 1 aromatic heterocycles. The summed E-state index contributed by atoms with van der Waals surface area (Å²) in [4.78, 5) is 18.3. The molecule has 0 bridgehead atoms. The lowest BCUT2D eigenvalue weighted by molar-refractivity contribution is 0.0767. The fourth-order valence-corrected chi connectivity index (χ4v) is 2.69. The van der Waals surface area contributed by atoms with E-state index in [4.69, 9.17) is 9.47 Å². The second-order valence-corrected chi connectivity index (χ2v) is 5.78. The van der Waals surface area contributed by atoms with Crippen molar-refractivity contribution in [1.29, 1.82) is 0 Å². The van der Waals surface area contributed by atoms with E-state index in [2.05, 4.69) is 10.3 Å². The Kier molecular flexibility index (Phi) is 7.26. The average molecular weight is 357 g/mol. The molecule has 6 heteroatoms. The predicted octanol–water partition coefficient (Wildman–Crippen LogP) is 3.24. The lowest BCUT2D eigenvalue weighted by Gasteiger charge is -2.18. The van der Waals surface area contributed by atoms with Crippen molar-refractivity contribution in [2.24, 2.45) is 0 Å². The lowest BCUT2D eigenvalue weighted by atomic mass is 10.1. The number of hydrogen-bond donors (Lipinski definition) is 1. The predicted molar refractivity (Wildman–Crippen MR) is 103 cm³/mol. The average Bonchev–Trinajstić information content (AvgIpc) is 2.69. The second-order valence-electron chi connectivity index (χ2n) is 5.78. The molecule has 0 fully saturated rings. The molecule has 2 rings (SSSR count). The monoisotopic (exact) mass is 357 g/mol. The molecule has 0 radical (unpaired) electrons. The van der Waals surface area contributed by atoms with Gasteiger partial charge in [0.25, 0.3) is 5.91 Å². The van der Waals surface area contributed by atoms with Gasteiger partial charge in [0.15, 0.2) is 11.5 Å². The fraction of sp³-hybridized carbons (Fsp3) is 0.400. The Bertz CT molecular complexity index is 713. The van der Waals surface area contributed by atoms with E-state index in [9.17, 15) is 4.79 Å². The largest absolute Gasteiger partial charge is 0.493 e. The lowest BCUT2D eigenvalue weighted by Crippen LogP contribution is -2.31. The molecule has 0 aliphatic heterocycles. The summed E-state index contributed by atoms with van der Waals surface area (Å²) >= 11 is 0. The number of amides is 1. The molecule has 140 valence electrons. The molecule has 0 saturated heterocycles. The van der Waals surface area contributed by atoms with Crippen LogP contribution in [-0.4, -0.2) is 49.6 Å². The molecular formula is C20H27N3O3. The van der Waals surface area contributed by atoms with Gasteiger partial charge in [-0.05, 0) is 50.1 Å². The third kappa shape index (κ3) is 4.88. The summed E-state index contributed by atoms with van der Waals surface area (Å²) in [6.07, 6.45) is 2.53. The molecule has 1 amide bonds. The number of methoxy groups -OCH3 is 2. The molecule has 26 heavy (non-hydrogen) atoms. The molecule has 0 saturated carbocycles. The van der Waals surface area contributed by atoms with Gasteiger partial charge in [0, 0.05) is 19.6 Å². The summed E-state index contributed by atoms with van der Waals surface area (Å²) < 4.78 is 10.6. The maximum absolute atomic E-state index is 12.3. The fourth-order valence-electron chi connectivity index (χ4n) is 2.69. The van der Waals surface area contributed by atoms with E-state index in [1.807, 2.05) is 38.1 Å². The number of pyridine rings is 1. The summed E-state index contributed by atoms with van der Waals surface area (Å²) in [5, 5.41) is 3.32. The number of nitrogens with zero attached hydrogens (tertiary/aromatic N) is 2. The van der Waals surface area contributed by atoms with Gasteiger partial charge in [0.1, 0.15) is 5.69 Å². The Hall–Kier alpha value is -2.76. The normalized spacial score (nSPS) is 10.3. The van der Waals surface area contributed by atoms with Crippen LogP contribution in [0.5, 0.6) is 11.5 Å². The number of anilines is 1. The van der Waals surface area contributed by atoms with Gasteiger partial charge in [-0.2, -0.15) is 0 Å². The van der Waals surface area contributed by atoms with E-state index in [0.29, 0.717) is 18.8 Å². The second kappa shape index (κ2) is 9.65. The first-order chi connectivity index (χ1) is 12.6. The van der Waals surface area contributed by atoms with Crippen molar-refractivity contribution in [3.63, 3.8) is 0 Å². The van der Waals surface area contributed by atoms with Gasteiger partial charge in [-0.25, -0.2) is 4.98 Å². The molecule has 1 aromatic carbocycles. The highest BCUT2D eigenvalue weighted by Crippen LogP contribution is 2.27. The van der Waals surface area contributed by atoms with E-state index in [-0.39, 0.29) is 5.91 Å². The van der Waals surface area contributed by atoms with Gasteiger partial charge in [0.05, 0.1) is 26.1 Å². The minimum absolute atomic E-state index is 0.0353. The van der Waals surface area contributed by atoms with Crippen LogP contribution in [-0.2, 0) is 6.42 Å². The van der Waals surface area contributed by atoms with Gasteiger partial charge in [-0.3, -0.25) is 4.79 Å². The van der Waals surface area contributed by atoms with Crippen LogP contribution < -0.4 is 14.8 Å². The number of carbonyl (C=O) groups excluding carboxylic acids is 1. The number of carbonyl (C=O) groups is 1. The molecular weight excluding hydrogens is 330 g/mol. The Morgan fingerprint density at radius 2 is 1.81 bits per heavy atom. The minimum atomic E-state index is -0.0353. The summed E-state index contributed by atoms with van der Waals surface area (Å²) in [5.41, 5.74) is 2.51. The maximum Gasteiger partial charge on any atom is 0.272 e. The zero-order valence-electron chi connectivity index (χ0n) is 15.9. The Balaban J connectivity index is 1.91. The van der Waals surface area contributed by atoms with Crippen molar-refractivity contribution in [3.8, 4) is 11.5 Å². The van der Waals surface area contributed by atoms with E-state index in [1.54, 1.807) is 31.4 Å². The smallest absolute Gasteiger partial charge is 0.272 e. The summed E-state index contributed by atoms with van der Waals surface area (Å²) in [6.45, 7) is 6.04. The number of aromatic nitrogens is 1. The molecule has 0 atom stereocenters. The van der Waals surface area contributed by atoms with Crippen LogP contribution in [0.2, 0.25) is 0 Å². The molecule has 0 aliphatic carbocycles. The number of hydrogen-bond acceptors (Lipinski definition) is 5. The van der Waals surface area contributed by atoms with Crippen LogP contribution in [0.1, 0.15) is 29.9 Å². The Morgan fingerprint density at radius 1 is 1.08 bits per heavy atom. The van der Waals surface area contributed by atoms with Crippen LogP contribution in [0.25, 0.3) is 0 Å². The minimum Gasteiger partial charge on any atom is -0.493 e. The van der Waals surface area contributed by atoms with Gasteiger partial charge in [0.2, 0.25) is 0 Å². The molecule has 6 nitrogen and oxygen atoms in total. The van der Waals surface area contributed by atoms with Crippen molar-refractivity contribution in [2.45, 2.75) is 20.3 Å². The highest BCUT2D eigenvalue weighted by Gasteiger charge is 2.13. The molecule has 0 spiro atoms. The first-order valence-electron chi connectivity index (χ1n) is 8.83. The first-order valence-corrected chi connectivity index (χ1v) is 8.83. The van der Waals surface area contributed by atoms with Crippen LogP contribution >= 0.6 is 0 Å². The standard InChI is InChI=1S/C20H27N3O3/c1-5-23(6-2)20(24)17-9-8-16(14-22-17)21-12-11-15-7-10-18(25-3)19(13-15)26-4/h7-10,13-14,21H,5-6,11-12H2,1-4H3. The first kappa shape index (κ1) is 19.6. The van der Waals surface area contributed by atoms with Crippen LogP contribution in [0, 0.1) is 0 Å². The molecule has 1 heterocycles. The zero-order chi connectivity index (χ0) is 18.9. The van der Waals surface area contributed by atoms with E-state index in [0.717, 1.165) is 35.7 Å². The van der Waals surface area contributed by atoms with Gasteiger partial charge in [-0.15, -0.1) is 0 Å². The maximum atomic E-state index is 12.3. The third-order valence-electron chi connectivity index (χ3n) is 4.22. The van der Waals surface area contributed by atoms with E-state index >= 15 is 0 Å². The van der Waals surface area contributed by atoms with Crippen molar-refractivity contribution in [2.75, 3.05) is 39.2 Å². The summed E-state index contributed by atoms with van der Waals surface area (Å²) in [7, 11) is 3.26. The SMILES string of the molecule is CCN(CC)C(=O)c1ccc(NCCc2ccc(OC)c(OC)c2)cn1. The van der Waals surface area contributed by atoms with Crippen LogP contribution in [0.3, 0.4) is 0 Å². The molecule has 1 N–H and O–H groups in total. The quantitative estimate of drug-likeness (QED) is 0.746. The van der Waals surface area contributed by atoms with Crippen molar-refractivity contribution in [3.05, 3.63) is 47.8 Å². The molecule has 2 aromatic rings. The number of benzene rings is 1. The van der Waals surface area contributed by atoms with Crippen molar-refractivity contribution in [1.82, 2.24) is 9.88 Å². The third-order valence-corrected chi connectivity index (χ3v) is 4.22. The Morgan fingerprint density at radius 3 is 2.38 bits per heavy atom. The Labute approximate surface area is 155 Å². The van der Waals surface area contributed by atoms with E-state index in [1.165, 1.54) is 0 Å². The number of nitrogens with one attached hydrogen (secondary N) is 1. The highest BCUT2D eigenvalue weighted by molar-refractivity contribution is 5.92. The van der Waals surface area contributed by atoms with Gasteiger partial charge in [-0.1, -0.05) is 6.07 Å². The highest BCUT2D eigenvalue weighted by atomic mass is 16.5. The molecule has 0 aliphatic rings. The zero-order valence-corrected chi connectivity index (χ0v) is 15.9. The van der Waals surface area contributed by atoms with Crippen molar-refractivity contribution < 1.29 is 14.3 Å². The summed E-state index contributed by atoms with van der Waals surface area (Å²) in [6, 6.07) is 9.55. The van der Waals surface area contributed by atoms with E-state index < -0.39 is 0 Å². The van der Waals surface area contributed by atoms with Crippen LogP contribution in [0.4, 0.5) is 5.69 Å². The van der Waals surface area contributed by atoms with Crippen molar-refractivity contribution >= 4 is 11.6 Å². The molecule has 0 unspecified atom stereocenters.